The van der Waals surface area contributed by atoms with Gasteiger partial charge in [0.25, 0.3) is 0 Å². The van der Waals surface area contributed by atoms with Crippen LogP contribution in [0.4, 0.5) is 5.13 Å². The quantitative estimate of drug-likeness (QED) is 0.440. The molecule has 2 atom stereocenters. The number of nitrogens with zero attached hydrogens (tertiary/aromatic N) is 4. The summed E-state index contributed by atoms with van der Waals surface area (Å²) in [7, 11) is 0. The fourth-order valence-electron chi connectivity index (χ4n) is 3.17. The molecule has 1 amide bonds. The Morgan fingerprint density at radius 3 is 2.48 bits per heavy atom. The summed E-state index contributed by atoms with van der Waals surface area (Å²) in [6.45, 7) is 2.00. The van der Waals surface area contributed by atoms with Crippen LogP contribution in [0.5, 0.6) is 0 Å². The standard InChI is InChI=1S/C23H22N6OS/c1-16(19-9-5-6-12-25-19)26-20(15-17-7-3-2-4-8-17)21(30)27-23-29-28-22(31-23)18-10-13-24-14-11-18/h2-14,16,20,26H,15H2,1H3,(H,27,29,30)/t16-,20?/m0/s1. The van der Waals surface area contributed by atoms with E-state index in [1.807, 2.05) is 67.6 Å². The van der Waals surface area contributed by atoms with Crippen LogP contribution >= 0.6 is 11.3 Å². The third kappa shape index (κ3) is 5.56. The van der Waals surface area contributed by atoms with Crippen molar-refractivity contribution in [3.8, 4) is 10.6 Å². The minimum absolute atomic E-state index is 0.0949. The molecule has 3 aromatic heterocycles. The minimum Gasteiger partial charge on any atom is -0.299 e. The van der Waals surface area contributed by atoms with E-state index in [0.717, 1.165) is 21.8 Å². The average Bonchev–Trinajstić information content (AvgIpc) is 3.29. The highest BCUT2D eigenvalue weighted by Crippen LogP contribution is 2.26. The molecule has 0 bridgehead atoms. The number of pyridine rings is 2. The summed E-state index contributed by atoms with van der Waals surface area (Å²) in [5.74, 6) is -0.163. The lowest BCUT2D eigenvalue weighted by Crippen LogP contribution is -2.43. The SMILES string of the molecule is C[C@H](NC(Cc1ccccc1)C(=O)Nc1nnc(-c2ccncc2)s1)c1ccccn1. The number of aromatic nitrogens is 4. The van der Waals surface area contributed by atoms with E-state index in [1.54, 1.807) is 18.6 Å². The smallest absolute Gasteiger partial charge is 0.243 e. The molecular weight excluding hydrogens is 408 g/mol. The first-order valence-electron chi connectivity index (χ1n) is 9.95. The van der Waals surface area contributed by atoms with Crippen molar-refractivity contribution in [1.82, 2.24) is 25.5 Å². The van der Waals surface area contributed by atoms with Crippen LogP contribution in [0.15, 0.2) is 79.3 Å². The Bertz CT molecular complexity index is 1100. The molecule has 2 N–H and O–H groups in total. The van der Waals surface area contributed by atoms with E-state index in [2.05, 4.69) is 30.8 Å². The van der Waals surface area contributed by atoms with Crippen molar-refractivity contribution in [3.05, 3.63) is 90.5 Å². The van der Waals surface area contributed by atoms with Gasteiger partial charge in [0, 0.05) is 30.2 Å². The van der Waals surface area contributed by atoms with Crippen LogP contribution in [-0.2, 0) is 11.2 Å². The number of nitrogens with one attached hydrogen (secondary N) is 2. The largest absolute Gasteiger partial charge is 0.299 e. The van der Waals surface area contributed by atoms with Crippen molar-refractivity contribution in [2.45, 2.75) is 25.4 Å². The average molecular weight is 431 g/mol. The van der Waals surface area contributed by atoms with Crippen LogP contribution in [-0.4, -0.2) is 32.1 Å². The Kier molecular flexibility index (Phi) is 6.71. The topological polar surface area (TPSA) is 92.7 Å². The number of carbonyl (C=O) groups excluding carboxylic acids is 1. The molecule has 7 nitrogen and oxygen atoms in total. The van der Waals surface area contributed by atoms with Crippen molar-refractivity contribution in [3.63, 3.8) is 0 Å². The van der Waals surface area contributed by atoms with Crippen molar-refractivity contribution in [1.29, 1.82) is 0 Å². The van der Waals surface area contributed by atoms with Gasteiger partial charge in [0.1, 0.15) is 5.01 Å². The maximum Gasteiger partial charge on any atom is 0.243 e. The lowest BCUT2D eigenvalue weighted by Gasteiger charge is -2.22. The van der Waals surface area contributed by atoms with E-state index in [0.29, 0.717) is 11.6 Å². The highest BCUT2D eigenvalue weighted by atomic mass is 32.1. The molecule has 0 aliphatic rings. The maximum atomic E-state index is 13.2. The van der Waals surface area contributed by atoms with Crippen LogP contribution in [0.25, 0.3) is 10.6 Å². The third-order valence-electron chi connectivity index (χ3n) is 4.76. The zero-order chi connectivity index (χ0) is 21.5. The van der Waals surface area contributed by atoms with Gasteiger partial charge in [-0.25, -0.2) is 0 Å². The van der Waals surface area contributed by atoms with Crippen molar-refractivity contribution < 1.29 is 4.79 Å². The van der Waals surface area contributed by atoms with Gasteiger partial charge in [-0.15, -0.1) is 10.2 Å². The van der Waals surface area contributed by atoms with E-state index in [9.17, 15) is 4.79 Å². The molecule has 0 saturated heterocycles. The van der Waals surface area contributed by atoms with Crippen LogP contribution < -0.4 is 10.6 Å². The van der Waals surface area contributed by atoms with E-state index in [-0.39, 0.29) is 11.9 Å². The molecule has 0 fully saturated rings. The molecule has 0 aliphatic carbocycles. The second-order valence-corrected chi connectivity index (χ2v) is 8.00. The Morgan fingerprint density at radius 2 is 1.74 bits per heavy atom. The zero-order valence-corrected chi connectivity index (χ0v) is 17.8. The molecule has 0 saturated carbocycles. The Labute approximate surface area is 184 Å². The number of hydrogen-bond donors (Lipinski definition) is 2. The Balaban J connectivity index is 1.50. The second kappa shape index (κ2) is 10.0. The minimum atomic E-state index is -0.465. The van der Waals surface area contributed by atoms with Gasteiger partial charge in [-0.1, -0.05) is 47.7 Å². The van der Waals surface area contributed by atoms with E-state index in [1.165, 1.54) is 11.3 Å². The molecule has 0 spiro atoms. The van der Waals surface area contributed by atoms with Crippen LogP contribution in [0.3, 0.4) is 0 Å². The number of benzene rings is 1. The van der Waals surface area contributed by atoms with E-state index < -0.39 is 6.04 Å². The number of anilines is 1. The second-order valence-electron chi connectivity index (χ2n) is 7.02. The number of rotatable bonds is 8. The first-order valence-corrected chi connectivity index (χ1v) is 10.8. The number of carbonyl (C=O) groups is 1. The van der Waals surface area contributed by atoms with Gasteiger partial charge in [0.15, 0.2) is 0 Å². The maximum absolute atomic E-state index is 13.2. The summed E-state index contributed by atoms with van der Waals surface area (Å²) in [5, 5.41) is 15.8. The first-order chi connectivity index (χ1) is 15.2. The van der Waals surface area contributed by atoms with Crippen molar-refractivity contribution in [2.75, 3.05) is 5.32 Å². The highest BCUT2D eigenvalue weighted by Gasteiger charge is 2.23. The molecule has 8 heteroatoms. The van der Waals surface area contributed by atoms with Gasteiger partial charge in [-0.2, -0.15) is 0 Å². The third-order valence-corrected chi connectivity index (χ3v) is 5.65. The predicted molar refractivity (Wildman–Crippen MR) is 121 cm³/mol. The summed E-state index contributed by atoms with van der Waals surface area (Å²) in [5.41, 5.74) is 2.86. The molecule has 0 aliphatic heterocycles. The molecule has 31 heavy (non-hydrogen) atoms. The Morgan fingerprint density at radius 1 is 0.968 bits per heavy atom. The molecule has 1 aromatic carbocycles. The summed E-state index contributed by atoms with van der Waals surface area (Å²) in [6.07, 6.45) is 5.70. The normalized spacial score (nSPS) is 12.8. The molecule has 0 radical (unpaired) electrons. The van der Waals surface area contributed by atoms with Gasteiger partial charge in [0.2, 0.25) is 11.0 Å². The van der Waals surface area contributed by atoms with E-state index in [4.69, 9.17) is 0 Å². The zero-order valence-electron chi connectivity index (χ0n) is 17.0. The molecule has 4 rings (SSSR count). The van der Waals surface area contributed by atoms with Gasteiger partial charge >= 0.3 is 0 Å². The first kappa shape index (κ1) is 20.8. The molecular formula is C23H22N6OS. The number of amides is 1. The fraction of sp³-hybridized carbons (Fsp3) is 0.174. The summed E-state index contributed by atoms with van der Waals surface area (Å²) in [6, 6.07) is 18.9. The van der Waals surface area contributed by atoms with E-state index >= 15 is 0 Å². The summed E-state index contributed by atoms with van der Waals surface area (Å²) in [4.78, 5) is 21.6. The monoisotopic (exact) mass is 430 g/mol. The highest BCUT2D eigenvalue weighted by molar-refractivity contribution is 7.18. The molecule has 3 heterocycles. The van der Waals surface area contributed by atoms with Gasteiger partial charge in [0.05, 0.1) is 11.7 Å². The number of hydrogen-bond acceptors (Lipinski definition) is 7. The Hall–Kier alpha value is -3.49. The molecule has 4 aromatic rings. The lowest BCUT2D eigenvalue weighted by atomic mass is 10.0. The van der Waals surface area contributed by atoms with Gasteiger partial charge in [-0.3, -0.25) is 25.4 Å². The molecule has 1 unspecified atom stereocenters. The van der Waals surface area contributed by atoms with Crippen LogP contribution in [0, 0.1) is 0 Å². The van der Waals surface area contributed by atoms with Gasteiger partial charge < -0.3 is 0 Å². The summed E-state index contributed by atoms with van der Waals surface area (Å²) >= 11 is 1.33. The van der Waals surface area contributed by atoms with Gasteiger partial charge in [-0.05, 0) is 43.2 Å². The van der Waals surface area contributed by atoms with Crippen LogP contribution in [0.1, 0.15) is 24.2 Å². The lowest BCUT2D eigenvalue weighted by molar-refractivity contribution is -0.118. The fourth-order valence-corrected chi connectivity index (χ4v) is 3.93. The van der Waals surface area contributed by atoms with Crippen LogP contribution in [0.2, 0.25) is 0 Å². The molecule has 156 valence electrons. The van der Waals surface area contributed by atoms with Crippen molar-refractivity contribution in [2.24, 2.45) is 0 Å². The predicted octanol–water partition coefficient (Wildman–Crippen LogP) is 3.90. The summed E-state index contributed by atoms with van der Waals surface area (Å²) < 4.78 is 0. The van der Waals surface area contributed by atoms with Crippen molar-refractivity contribution >= 4 is 22.4 Å².